The largest absolute Gasteiger partial charge is 0.389 e. The molecule has 0 radical (unpaired) electrons. The molecular weight excluding hydrogens is 242 g/mol. The molecule has 0 aliphatic rings. The van der Waals surface area contributed by atoms with Crippen molar-refractivity contribution in [2.24, 2.45) is 0 Å². The number of methoxy groups -OCH3 is 1. The highest BCUT2D eigenvalue weighted by molar-refractivity contribution is 5.82. The first-order chi connectivity index (χ1) is 8.89. The zero-order valence-electron chi connectivity index (χ0n) is 12.1. The van der Waals surface area contributed by atoms with Crippen molar-refractivity contribution in [1.29, 1.82) is 0 Å². The predicted molar refractivity (Wildman–Crippen MR) is 74.7 cm³/mol. The maximum atomic E-state index is 12.5. The molecule has 106 valence electrons. The number of hydrogen-bond acceptors (Lipinski definition) is 3. The molecule has 1 aromatic carbocycles. The highest BCUT2D eigenvalue weighted by atomic mass is 16.5. The maximum absolute atomic E-state index is 12.5. The van der Waals surface area contributed by atoms with E-state index >= 15 is 0 Å². The van der Waals surface area contributed by atoms with E-state index in [0.29, 0.717) is 6.54 Å². The van der Waals surface area contributed by atoms with Crippen molar-refractivity contribution in [1.82, 2.24) is 4.90 Å². The standard InChI is InChI=1S/C15H23NO3/c1-5-16(11-15(2,3)18)14(17)13(19-4)12-9-7-6-8-10-12/h6-10,13,18H,5,11H2,1-4H3. The Labute approximate surface area is 115 Å². The molecule has 19 heavy (non-hydrogen) atoms. The number of carbonyl (C=O) groups is 1. The molecule has 4 heteroatoms. The summed E-state index contributed by atoms with van der Waals surface area (Å²) in [5, 5.41) is 9.86. The van der Waals surface area contributed by atoms with Gasteiger partial charge in [-0.2, -0.15) is 0 Å². The molecule has 1 rings (SSSR count). The van der Waals surface area contributed by atoms with Gasteiger partial charge in [0.05, 0.1) is 5.60 Å². The molecule has 0 saturated carbocycles. The Hall–Kier alpha value is -1.39. The van der Waals surface area contributed by atoms with Crippen LogP contribution in [0.1, 0.15) is 32.4 Å². The van der Waals surface area contributed by atoms with Gasteiger partial charge in [-0.3, -0.25) is 4.79 Å². The van der Waals surface area contributed by atoms with Gasteiger partial charge in [-0.15, -0.1) is 0 Å². The van der Waals surface area contributed by atoms with Crippen LogP contribution in [0.4, 0.5) is 0 Å². The summed E-state index contributed by atoms with van der Waals surface area (Å²) < 4.78 is 5.32. The first-order valence-corrected chi connectivity index (χ1v) is 6.48. The molecule has 1 unspecified atom stereocenters. The minimum atomic E-state index is -0.916. The number of likely N-dealkylation sites (N-methyl/N-ethyl adjacent to an activating group) is 1. The molecule has 0 aliphatic heterocycles. The molecule has 0 heterocycles. The summed E-state index contributed by atoms with van der Waals surface area (Å²) in [6.45, 7) is 6.09. The minimum Gasteiger partial charge on any atom is -0.389 e. The van der Waals surface area contributed by atoms with Gasteiger partial charge >= 0.3 is 0 Å². The number of amides is 1. The average Bonchev–Trinajstić information content (AvgIpc) is 2.37. The molecule has 0 bridgehead atoms. The Morgan fingerprint density at radius 3 is 2.37 bits per heavy atom. The van der Waals surface area contributed by atoms with Crippen LogP contribution in [0.3, 0.4) is 0 Å². The molecule has 1 N–H and O–H groups in total. The fourth-order valence-corrected chi connectivity index (χ4v) is 1.99. The molecule has 0 aliphatic carbocycles. The monoisotopic (exact) mass is 265 g/mol. The van der Waals surface area contributed by atoms with Crippen molar-refractivity contribution in [3.8, 4) is 0 Å². The third-order valence-corrected chi connectivity index (χ3v) is 2.83. The molecule has 1 amide bonds. The minimum absolute atomic E-state index is 0.127. The second-order valence-corrected chi connectivity index (χ2v) is 5.19. The summed E-state index contributed by atoms with van der Waals surface area (Å²) in [6, 6.07) is 9.38. The van der Waals surface area contributed by atoms with Crippen molar-refractivity contribution >= 4 is 5.91 Å². The smallest absolute Gasteiger partial charge is 0.256 e. The van der Waals surface area contributed by atoms with Crippen LogP contribution in [0.5, 0.6) is 0 Å². The number of hydrogen-bond donors (Lipinski definition) is 1. The lowest BCUT2D eigenvalue weighted by Gasteiger charge is -2.30. The lowest BCUT2D eigenvalue weighted by molar-refractivity contribution is -0.145. The van der Waals surface area contributed by atoms with E-state index in [2.05, 4.69) is 0 Å². The molecule has 1 aromatic rings. The number of benzene rings is 1. The first-order valence-electron chi connectivity index (χ1n) is 6.48. The molecule has 0 fully saturated rings. The third kappa shape index (κ3) is 4.65. The second-order valence-electron chi connectivity index (χ2n) is 5.19. The predicted octanol–water partition coefficient (Wildman–Crippen LogP) is 1.99. The van der Waals surface area contributed by atoms with Crippen LogP contribution < -0.4 is 0 Å². The fraction of sp³-hybridized carbons (Fsp3) is 0.533. The number of nitrogens with zero attached hydrogens (tertiary/aromatic N) is 1. The Balaban J connectivity index is 2.88. The Morgan fingerprint density at radius 1 is 1.37 bits per heavy atom. The zero-order valence-corrected chi connectivity index (χ0v) is 12.1. The normalized spacial score (nSPS) is 13.1. The lowest BCUT2D eigenvalue weighted by Crippen LogP contribution is -2.44. The van der Waals surface area contributed by atoms with Crippen LogP contribution >= 0.6 is 0 Å². The Kier molecular flexibility index (Phi) is 5.51. The van der Waals surface area contributed by atoms with E-state index in [1.54, 1.807) is 18.7 Å². The summed E-state index contributed by atoms with van der Waals surface area (Å²) in [5.74, 6) is -0.127. The van der Waals surface area contributed by atoms with Gasteiger partial charge in [0.2, 0.25) is 0 Å². The second kappa shape index (κ2) is 6.68. The summed E-state index contributed by atoms with van der Waals surface area (Å²) in [6.07, 6.45) is -0.622. The van der Waals surface area contributed by atoms with Crippen LogP contribution in [0.25, 0.3) is 0 Å². The summed E-state index contributed by atoms with van der Waals surface area (Å²) in [7, 11) is 1.52. The van der Waals surface area contributed by atoms with Gasteiger partial charge in [-0.05, 0) is 26.3 Å². The number of ether oxygens (including phenoxy) is 1. The van der Waals surface area contributed by atoms with Crippen LogP contribution in [0, 0.1) is 0 Å². The van der Waals surface area contributed by atoms with E-state index in [4.69, 9.17) is 4.74 Å². The van der Waals surface area contributed by atoms with E-state index in [-0.39, 0.29) is 12.5 Å². The van der Waals surface area contributed by atoms with Crippen molar-refractivity contribution in [3.05, 3.63) is 35.9 Å². The van der Waals surface area contributed by atoms with Crippen LogP contribution in [-0.4, -0.2) is 41.7 Å². The topological polar surface area (TPSA) is 49.8 Å². The molecule has 4 nitrogen and oxygen atoms in total. The molecule has 0 aromatic heterocycles. The summed E-state index contributed by atoms with van der Waals surface area (Å²) >= 11 is 0. The first kappa shape index (κ1) is 15.7. The number of aliphatic hydroxyl groups is 1. The van der Waals surface area contributed by atoms with Crippen LogP contribution in [0.15, 0.2) is 30.3 Å². The Bertz CT molecular complexity index is 398. The average molecular weight is 265 g/mol. The van der Waals surface area contributed by atoms with Crippen molar-refractivity contribution in [3.63, 3.8) is 0 Å². The summed E-state index contributed by atoms with van der Waals surface area (Å²) in [5.41, 5.74) is -0.0927. The highest BCUT2D eigenvalue weighted by Gasteiger charge is 2.28. The molecule has 0 saturated heterocycles. The van der Waals surface area contributed by atoms with E-state index in [9.17, 15) is 9.90 Å². The van der Waals surface area contributed by atoms with Gasteiger partial charge in [-0.1, -0.05) is 30.3 Å². The molecule has 1 atom stereocenters. The maximum Gasteiger partial charge on any atom is 0.256 e. The quantitative estimate of drug-likeness (QED) is 0.856. The van der Waals surface area contributed by atoms with Gasteiger partial charge in [0.1, 0.15) is 0 Å². The fourth-order valence-electron chi connectivity index (χ4n) is 1.99. The Morgan fingerprint density at radius 2 is 1.95 bits per heavy atom. The van der Waals surface area contributed by atoms with Gasteiger partial charge in [0.15, 0.2) is 6.10 Å². The highest BCUT2D eigenvalue weighted by Crippen LogP contribution is 2.20. The zero-order chi connectivity index (χ0) is 14.5. The number of carbonyl (C=O) groups excluding carboxylic acids is 1. The molecule has 0 spiro atoms. The van der Waals surface area contributed by atoms with Crippen LogP contribution in [0.2, 0.25) is 0 Å². The van der Waals surface area contributed by atoms with E-state index in [1.807, 2.05) is 37.3 Å². The van der Waals surface area contributed by atoms with Gasteiger partial charge in [0.25, 0.3) is 5.91 Å². The van der Waals surface area contributed by atoms with Gasteiger partial charge in [0, 0.05) is 20.2 Å². The molecular formula is C15H23NO3. The van der Waals surface area contributed by atoms with Crippen molar-refractivity contribution in [2.45, 2.75) is 32.5 Å². The van der Waals surface area contributed by atoms with Crippen molar-refractivity contribution in [2.75, 3.05) is 20.2 Å². The van der Waals surface area contributed by atoms with Crippen molar-refractivity contribution < 1.29 is 14.6 Å². The summed E-state index contributed by atoms with van der Waals surface area (Å²) in [4.78, 5) is 14.1. The number of rotatable bonds is 6. The van der Waals surface area contributed by atoms with E-state index in [0.717, 1.165) is 5.56 Å². The van der Waals surface area contributed by atoms with E-state index < -0.39 is 11.7 Å². The SMILES string of the molecule is CCN(CC(C)(C)O)C(=O)C(OC)c1ccccc1. The lowest BCUT2D eigenvalue weighted by atomic mass is 10.1. The van der Waals surface area contributed by atoms with E-state index in [1.165, 1.54) is 7.11 Å². The van der Waals surface area contributed by atoms with Gasteiger partial charge < -0.3 is 14.7 Å². The van der Waals surface area contributed by atoms with Gasteiger partial charge in [-0.25, -0.2) is 0 Å². The van der Waals surface area contributed by atoms with Crippen LogP contribution in [-0.2, 0) is 9.53 Å². The third-order valence-electron chi connectivity index (χ3n) is 2.83.